The van der Waals surface area contributed by atoms with Crippen LogP contribution >= 0.6 is 15.9 Å². The zero-order chi connectivity index (χ0) is 10.3. The zero-order valence-corrected chi connectivity index (χ0v) is 10.3. The largest absolute Gasteiger partial charge is 0.309 e. The van der Waals surface area contributed by atoms with Crippen molar-refractivity contribution in [1.82, 2.24) is 15.5 Å². The molecule has 0 aromatic carbocycles. The summed E-state index contributed by atoms with van der Waals surface area (Å²) in [5, 5.41) is 11.2. The molecular weight excluding hydrogens is 254 g/mol. The maximum absolute atomic E-state index is 4.44. The van der Waals surface area contributed by atoms with Crippen LogP contribution in [-0.2, 0) is 0 Å². The Hall–Kier alpha value is -0.350. The number of rotatable bonds is 2. The first-order valence-electron chi connectivity index (χ1n) is 5.83. The third kappa shape index (κ3) is 1.85. The number of hydrogen-bond acceptors (Lipinski definition) is 2. The molecular formula is C11H16BrN3. The van der Waals surface area contributed by atoms with E-state index in [2.05, 4.69) is 31.4 Å². The molecule has 1 aliphatic carbocycles. The number of nitrogens with zero attached hydrogens (tertiary/aromatic N) is 1. The first-order valence-corrected chi connectivity index (χ1v) is 6.62. The monoisotopic (exact) mass is 269 g/mol. The van der Waals surface area contributed by atoms with Crippen molar-refractivity contribution in [3.8, 4) is 0 Å². The Labute approximate surface area is 98.2 Å². The van der Waals surface area contributed by atoms with Crippen LogP contribution < -0.4 is 5.32 Å². The highest BCUT2D eigenvalue weighted by atomic mass is 79.9. The standard InChI is InChI=1S/C11H16BrN3/c12-9-10(7-4-5-7)14-15-11(9)8-3-1-2-6-13-8/h7-8,13H,1-6H2,(H,14,15). The zero-order valence-electron chi connectivity index (χ0n) is 8.72. The fourth-order valence-corrected chi connectivity index (χ4v) is 3.09. The minimum atomic E-state index is 0.480. The van der Waals surface area contributed by atoms with Crippen molar-refractivity contribution in [3.05, 3.63) is 15.9 Å². The summed E-state index contributed by atoms with van der Waals surface area (Å²) in [7, 11) is 0. The van der Waals surface area contributed by atoms with E-state index in [1.54, 1.807) is 0 Å². The Kier molecular flexibility index (Phi) is 2.56. The quantitative estimate of drug-likeness (QED) is 0.867. The molecule has 1 saturated carbocycles. The molecule has 1 unspecified atom stereocenters. The van der Waals surface area contributed by atoms with Gasteiger partial charge in [-0.1, -0.05) is 6.42 Å². The van der Waals surface area contributed by atoms with Crippen LogP contribution in [0.2, 0.25) is 0 Å². The van der Waals surface area contributed by atoms with Gasteiger partial charge in [-0.25, -0.2) is 0 Å². The Morgan fingerprint density at radius 3 is 2.73 bits per heavy atom. The van der Waals surface area contributed by atoms with Gasteiger partial charge in [0, 0.05) is 5.92 Å². The predicted molar refractivity (Wildman–Crippen MR) is 62.9 cm³/mol. The van der Waals surface area contributed by atoms with Crippen LogP contribution in [-0.4, -0.2) is 16.7 Å². The van der Waals surface area contributed by atoms with Crippen molar-refractivity contribution in [2.75, 3.05) is 6.54 Å². The number of hydrogen-bond donors (Lipinski definition) is 2. The Bertz CT molecular complexity index is 351. The topological polar surface area (TPSA) is 40.7 Å². The van der Waals surface area contributed by atoms with E-state index in [1.807, 2.05) is 0 Å². The molecule has 2 heterocycles. The van der Waals surface area contributed by atoms with Crippen molar-refractivity contribution >= 4 is 15.9 Å². The third-order valence-corrected chi connectivity index (χ3v) is 4.21. The average molecular weight is 270 g/mol. The van der Waals surface area contributed by atoms with E-state index < -0.39 is 0 Å². The molecule has 15 heavy (non-hydrogen) atoms. The Balaban J connectivity index is 1.83. The lowest BCUT2D eigenvalue weighted by Gasteiger charge is -2.22. The predicted octanol–water partition coefficient (Wildman–Crippen LogP) is 2.86. The molecule has 3 rings (SSSR count). The van der Waals surface area contributed by atoms with Crippen LogP contribution in [0.5, 0.6) is 0 Å². The lowest BCUT2D eigenvalue weighted by Crippen LogP contribution is -2.27. The molecule has 1 aromatic heterocycles. The second-order valence-corrected chi connectivity index (χ2v) is 5.41. The van der Waals surface area contributed by atoms with E-state index in [4.69, 9.17) is 0 Å². The van der Waals surface area contributed by atoms with Gasteiger partial charge in [-0.15, -0.1) is 0 Å². The van der Waals surface area contributed by atoms with E-state index in [-0.39, 0.29) is 0 Å². The van der Waals surface area contributed by atoms with Gasteiger partial charge in [0.1, 0.15) is 0 Å². The highest BCUT2D eigenvalue weighted by Gasteiger charge is 2.31. The molecule has 1 aliphatic heterocycles. The Morgan fingerprint density at radius 2 is 2.07 bits per heavy atom. The number of H-pyrrole nitrogens is 1. The van der Waals surface area contributed by atoms with Gasteiger partial charge in [-0.05, 0) is 48.2 Å². The first kappa shape index (κ1) is 9.85. The molecule has 1 aromatic rings. The van der Waals surface area contributed by atoms with Crippen molar-refractivity contribution in [2.45, 2.75) is 44.1 Å². The maximum atomic E-state index is 4.44. The summed E-state index contributed by atoms with van der Waals surface area (Å²) in [5.74, 6) is 0.716. The SMILES string of the molecule is Brc1c(C2CC2)n[nH]c1C1CCCCN1. The van der Waals surface area contributed by atoms with Crippen molar-refractivity contribution in [3.63, 3.8) is 0 Å². The van der Waals surface area contributed by atoms with Gasteiger partial charge in [-0.2, -0.15) is 5.10 Å². The first-order chi connectivity index (χ1) is 7.36. The van der Waals surface area contributed by atoms with Crippen LogP contribution in [0, 0.1) is 0 Å². The second kappa shape index (κ2) is 3.91. The molecule has 0 bridgehead atoms. The van der Waals surface area contributed by atoms with Crippen LogP contribution in [0.3, 0.4) is 0 Å². The maximum Gasteiger partial charge on any atom is 0.0798 e. The molecule has 1 saturated heterocycles. The van der Waals surface area contributed by atoms with Gasteiger partial charge < -0.3 is 5.32 Å². The summed E-state index contributed by atoms with van der Waals surface area (Å²) in [6.45, 7) is 1.13. The van der Waals surface area contributed by atoms with E-state index in [0.717, 1.165) is 6.54 Å². The lowest BCUT2D eigenvalue weighted by molar-refractivity contribution is 0.404. The summed E-state index contributed by atoms with van der Waals surface area (Å²) >= 11 is 3.69. The highest BCUT2D eigenvalue weighted by Crippen LogP contribution is 2.44. The summed E-state index contributed by atoms with van der Waals surface area (Å²) < 4.78 is 1.23. The molecule has 0 spiro atoms. The molecule has 2 aliphatic rings. The second-order valence-electron chi connectivity index (χ2n) is 4.61. The molecule has 0 amide bonds. The highest BCUT2D eigenvalue weighted by molar-refractivity contribution is 9.10. The van der Waals surface area contributed by atoms with Gasteiger partial charge in [0.25, 0.3) is 0 Å². The van der Waals surface area contributed by atoms with Crippen LogP contribution in [0.25, 0.3) is 0 Å². The van der Waals surface area contributed by atoms with Gasteiger partial charge in [0.05, 0.1) is 21.9 Å². The average Bonchev–Trinajstić information content (AvgIpc) is 3.04. The van der Waals surface area contributed by atoms with Gasteiger partial charge >= 0.3 is 0 Å². The van der Waals surface area contributed by atoms with E-state index >= 15 is 0 Å². The van der Waals surface area contributed by atoms with Crippen LogP contribution in [0.15, 0.2) is 4.47 Å². The summed E-state index contributed by atoms with van der Waals surface area (Å²) in [6.07, 6.45) is 6.46. The number of piperidine rings is 1. The smallest absolute Gasteiger partial charge is 0.0798 e. The molecule has 4 heteroatoms. The third-order valence-electron chi connectivity index (χ3n) is 3.38. The van der Waals surface area contributed by atoms with Gasteiger partial charge in [0.15, 0.2) is 0 Å². The fraction of sp³-hybridized carbons (Fsp3) is 0.727. The van der Waals surface area contributed by atoms with Crippen LogP contribution in [0.4, 0.5) is 0 Å². The molecule has 2 fully saturated rings. The summed E-state index contributed by atoms with van der Waals surface area (Å²) in [6, 6.07) is 0.480. The normalized spacial score (nSPS) is 26.9. The van der Waals surface area contributed by atoms with Crippen molar-refractivity contribution in [2.24, 2.45) is 0 Å². The van der Waals surface area contributed by atoms with Crippen molar-refractivity contribution < 1.29 is 0 Å². The lowest BCUT2D eigenvalue weighted by atomic mass is 10.0. The van der Waals surface area contributed by atoms with E-state index in [0.29, 0.717) is 12.0 Å². The van der Waals surface area contributed by atoms with Gasteiger partial charge in [0.2, 0.25) is 0 Å². The molecule has 82 valence electrons. The fourth-order valence-electron chi connectivity index (χ4n) is 2.31. The minimum absolute atomic E-state index is 0.480. The van der Waals surface area contributed by atoms with Crippen molar-refractivity contribution in [1.29, 1.82) is 0 Å². The van der Waals surface area contributed by atoms with E-state index in [9.17, 15) is 0 Å². The van der Waals surface area contributed by atoms with E-state index in [1.165, 1.54) is 48.0 Å². The number of aromatic amines is 1. The molecule has 0 radical (unpaired) electrons. The summed E-state index contributed by atoms with van der Waals surface area (Å²) in [5.41, 5.74) is 2.51. The Morgan fingerprint density at radius 1 is 1.20 bits per heavy atom. The van der Waals surface area contributed by atoms with Crippen LogP contribution in [0.1, 0.15) is 55.5 Å². The summed E-state index contributed by atoms with van der Waals surface area (Å²) in [4.78, 5) is 0. The number of halogens is 1. The molecule has 1 atom stereocenters. The minimum Gasteiger partial charge on any atom is -0.309 e. The number of aromatic nitrogens is 2. The van der Waals surface area contributed by atoms with Gasteiger partial charge in [-0.3, -0.25) is 5.10 Å². The number of nitrogens with one attached hydrogen (secondary N) is 2. The molecule has 2 N–H and O–H groups in total. The molecule has 3 nitrogen and oxygen atoms in total.